The standard InChI is InChI=1S/C26H34BrN3O/c1-20(2)31-25-8-9-26(27)22(17-25)16-21-10-13-29(14-11-21)18-23-12-15-30(19-28-23)24-6-4-3-5-7-24/h3-9,12,17,20-21,28H,10-11,13-16,18-19H2,1-2H3. The average Bonchev–Trinajstić information content (AvgIpc) is 2.78. The fourth-order valence-corrected chi connectivity index (χ4v) is 4.87. The summed E-state index contributed by atoms with van der Waals surface area (Å²) in [6.45, 7) is 9.40. The quantitative estimate of drug-likeness (QED) is 0.567. The predicted molar refractivity (Wildman–Crippen MR) is 133 cm³/mol. The van der Waals surface area contributed by atoms with E-state index in [1.54, 1.807) is 0 Å². The number of anilines is 1. The van der Waals surface area contributed by atoms with Gasteiger partial charge in [-0.15, -0.1) is 0 Å². The number of para-hydroxylation sites is 1. The fraction of sp³-hybridized carbons (Fsp3) is 0.462. The van der Waals surface area contributed by atoms with E-state index < -0.39 is 0 Å². The number of nitrogens with zero attached hydrogens (tertiary/aromatic N) is 2. The first-order valence-corrected chi connectivity index (χ1v) is 12.3. The summed E-state index contributed by atoms with van der Waals surface area (Å²) in [7, 11) is 0. The first-order valence-electron chi connectivity index (χ1n) is 11.5. The molecular weight excluding hydrogens is 450 g/mol. The molecule has 166 valence electrons. The summed E-state index contributed by atoms with van der Waals surface area (Å²) < 4.78 is 7.09. The van der Waals surface area contributed by atoms with Crippen LogP contribution in [-0.4, -0.2) is 43.9 Å². The van der Waals surface area contributed by atoms with Gasteiger partial charge in [0, 0.05) is 28.9 Å². The summed E-state index contributed by atoms with van der Waals surface area (Å²) in [5, 5.41) is 3.62. The van der Waals surface area contributed by atoms with Crippen molar-refractivity contribution < 1.29 is 4.74 Å². The van der Waals surface area contributed by atoms with E-state index in [0.29, 0.717) is 0 Å². The Morgan fingerprint density at radius 2 is 1.87 bits per heavy atom. The van der Waals surface area contributed by atoms with E-state index in [2.05, 4.69) is 99.5 Å². The van der Waals surface area contributed by atoms with Crippen LogP contribution in [-0.2, 0) is 6.42 Å². The predicted octanol–water partition coefficient (Wildman–Crippen LogP) is 5.44. The van der Waals surface area contributed by atoms with Crippen molar-refractivity contribution in [2.45, 2.75) is 39.2 Å². The van der Waals surface area contributed by atoms with Gasteiger partial charge < -0.3 is 15.0 Å². The molecule has 2 aromatic carbocycles. The molecule has 31 heavy (non-hydrogen) atoms. The van der Waals surface area contributed by atoms with Crippen molar-refractivity contribution in [3.8, 4) is 5.75 Å². The number of likely N-dealkylation sites (tertiary alicyclic amines) is 1. The zero-order valence-electron chi connectivity index (χ0n) is 18.7. The van der Waals surface area contributed by atoms with Gasteiger partial charge in [-0.3, -0.25) is 4.90 Å². The highest BCUT2D eigenvalue weighted by atomic mass is 79.9. The van der Waals surface area contributed by atoms with Crippen molar-refractivity contribution in [3.63, 3.8) is 0 Å². The number of nitrogens with one attached hydrogen (secondary N) is 1. The van der Waals surface area contributed by atoms with E-state index in [0.717, 1.165) is 37.8 Å². The molecule has 1 N–H and O–H groups in total. The molecule has 2 aliphatic rings. The Morgan fingerprint density at radius 3 is 2.55 bits per heavy atom. The first-order chi connectivity index (χ1) is 15.1. The minimum atomic E-state index is 0.208. The van der Waals surface area contributed by atoms with Gasteiger partial charge in [-0.1, -0.05) is 34.1 Å². The number of benzene rings is 2. The summed E-state index contributed by atoms with van der Waals surface area (Å²) in [4.78, 5) is 4.96. The fourth-order valence-electron chi connectivity index (χ4n) is 4.46. The number of hydrogen-bond acceptors (Lipinski definition) is 4. The van der Waals surface area contributed by atoms with Gasteiger partial charge in [-0.25, -0.2) is 0 Å². The number of halogens is 1. The maximum atomic E-state index is 5.89. The van der Waals surface area contributed by atoms with Gasteiger partial charge in [0.2, 0.25) is 0 Å². The third-order valence-electron chi connectivity index (χ3n) is 6.18. The van der Waals surface area contributed by atoms with Gasteiger partial charge in [-0.05, 0) is 94.1 Å². The number of hydrogen-bond donors (Lipinski definition) is 1. The average molecular weight is 484 g/mol. The van der Waals surface area contributed by atoms with E-state index in [9.17, 15) is 0 Å². The largest absolute Gasteiger partial charge is 0.491 e. The Bertz CT molecular complexity index is 875. The van der Waals surface area contributed by atoms with Crippen LogP contribution in [0.3, 0.4) is 0 Å². The zero-order chi connectivity index (χ0) is 21.6. The Hall–Kier alpha value is -1.98. The lowest BCUT2D eigenvalue weighted by molar-refractivity contribution is 0.193. The molecule has 1 fully saturated rings. The lowest BCUT2D eigenvalue weighted by Crippen LogP contribution is -2.43. The van der Waals surface area contributed by atoms with E-state index >= 15 is 0 Å². The molecule has 0 radical (unpaired) electrons. The highest BCUT2D eigenvalue weighted by Gasteiger charge is 2.22. The van der Waals surface area contributed by atoms with Crippen LogP contribution < -0.4 is 15.0 Å². The van der Waals surface area contributed by atoms with Crippen molar-refractivity contribution in [2.75, 3.05) is 37.7 Å². The molecule has 4 nitrogen and oxygen atoms in total. The van der Waals surface area contributed by atoms with E-state index in [1.165, 1.54) is 47.4 Å². The van der Waals surface area contributed by atoms with Crippen LogP contribution in [0.5, 0.6) is 5.75 Å². The highest BCUT2D eigenvalue weighted by Crippen LogP contribution is 2.29. The molecule has 0 atom stereocenters. The summed E-state index contributed by atoms with van der Waals surface area (Å²) in [5.41, 5.74) is 4.02. The molecule has 0 saturated carbocycles. The Balaban J connectivity index is 1.25. The summed E-state index contributed by atoms with van der Waals surface area (Å²) >= 11 is 3.74. The second-order valence-corrected chi connectivity index (χ2v) is 9.82. The van der Waals surface area contributed by atoms with E-state index in [4.69, 9.17) is 4.74 Å². The van der Waals surface area contributed by atoms with Gasteiger partial charge in [-0.2, -0.15) is 0 Å². The lowest BCUT2D eigenvalue weighted by atomic mass is 9.90. The van der Waals surface area contributed by atoms with Crippen LogP contribution in [0.15, 0.2) is 64.8 Å². The third-order valence-corrected chi connectivity index (χ3v) is 6.95. The molecule has 1 saturated heterocycles. The van der Waals surface area contributed by atoms with Crippen LogP contribution in [0.2, 0.25) is 0 Å². The molecule has 2 aromatic rings. The van der Waals surface area contributed by atoms with Crippen LogP contribution >= 0.6 is 15.9 Å². The Kier molecular flexibility index (Phi) is 7.57. The van der Waals surface area contributed by atoms with Crippen LogP contribution in [0.1, 0.15) is 32.3 Å². The van der Waals surface area contributed by atoms with Gasteiger partial charge in [0.25, 0.3) is 0 Å². The van der Waals surface area contributed by atoms with Crippen LogP contribution in [0, 0.1) is 5.92 Å². The van der Waals surface area contributed by atoms with Crippen molar-refractivity contribution in [2.24, 2.45) is 5.92 Å². The second-order valence-electron chi connectivity index (χ2n) is 8.97. The summed E-state index contributed by atoms with van der Waals surface area (Å²) in [5.74, 6) is 1.72. The zero-order valence-corrected chi connectivity index (χ0v) is 20.3. The van der Waals surface area contributed by atoms with Crippen molar-refractivity contribution in [1.29, 1.82) is 0 Å². The van der Waals surface area contributed by atoms with Crippen LogP contribution in [0.25, 0.3) is 0 Å². The molecule has 4 rings (SSSR count). The smallest absolute Gasteiger partial charge is 0.120 e. The van der Waals surface area contributed by atoms with Crippen molar-refractivity contribution >= 4 is 21.6 Å². The summed E-state index contributed by atoms with van der Waals surface area (Å²) in [6, 6.07) is 17.0. The monoisotopic (exact) mass is 483 g/mol. The molecule has 0 aliphatic carbocycles. The number of rotatable bonds is 7. The van der Waals surface area contributed by atoms with E-state index in [1.807, 2.05) is 0 Å². The minimum absolute atomic E-state index is 0.208. The van der Waals surface area contributed by atoms with Crippen molar-refractivity contribution in [3.05, 3.63) is 70.3 Å². The molecule has 0 spiro atoms. The molecular formula is C26H34BrN3O. The second kappa shape index (κ2) is 10.6. The molecule has 5 heteroatoms. The van der Waals surface area contributed by atoms with Gasteiger partial charge in [0.1, 0.15) is 5.75 Å². The lowest BCUT2D eigenvalue weighted by Gasteiger charge is -2.35. The SMILES string of the molecule is CC(C)Oc1ccc(Br)c(CC2CCN(CC3=CCN(c4ccccc4)CN3)CC2)c1. The highest BCUT2D eigenvalue weighted by molar-refractivity contribution is 9.10. The Labute approximate surface area is 195 Å². The maximum Gasteiger partial charge on any atom is 0.120 e. The molecule has 0 unspecified atom stereocenters. The first kappa shape index (κ1) is 22.2. The minimum Gasteiger partial charge on any atom is -0.491 e. The third kappa shape index (κ3) is 6.27. The van der Waals surface area contributed by atoms with E-state index in [-0.39, 0.29) is 6.10 Å². The number of piperidine rings is 1. The van der Waals surface area contributed by atoms with Crippen molar-refractivity contribution in [1.82, 2.24) is 10.2 Å². The Morgan fingerprint density at radius 1 is 1.10 bits per heavy atom. The molecule has 2 aliphatic heterocycles. The normalized spacial score (nSPS) is 18.1. The van der Waals surface area contributed by atoms with Gasteiger partial charge >= 0.3 is 0 Å². The van der Waals surface area contributed by atoms with Gasteiger partial charge in [0.15, 0.2) is 0 Å². The summed E-state index contributed by atoms with van der Waals surface area (Å²) in [6.07, 6.45) is 6.19. The number of ether oxygens (including phenoxy) is 1. The maximum absolute atomic E-state index is 5.89. The van der Waals surface area contributed by atoms with Gasteiger partial charge in [0.05, 0.1) is 12.8 Å². The molecule has 0 bridgehead atoms. The van der Waals surface area contributed by atoms with Crippen LogP contribution in [0.4, 0.5) is 5.69 Å². The topological polar surface area (TPSA) is 27.7 Å². The molecule has 0 amide bonds. The molecule has 0 aromatic heterocycles. The molecule has 2 heterocycles.